The summed E-state index contributed by atoms with van der Waals surface area (Å²) in [6.45, 7) is 2.59. The fourth-order valence-electron chi connectivity index (χ4n) is 3.06. The minimum Gasteiger partial charge on any atom is -0.489 e. The highest BCUT2D eigenvalue weighted by Crippen LogP contribution is 2.36. The van der Waals surface area contributed by atoms with Crippen LogP contribution in [0, 0.1) is 6.92 Å². The van der Waals surface area contributed by atoms with E-state index in [1.165, 1.54) is 17.3 Å². The molecular formula is C24H18BrNO2S2. The number of halogens is 1. The number of carbonyl (C=O) groups excluding carboxylic acids is 1. The van der Waals surface area contributed by atoms with Gasteiger partial charge in [0.15, 0.2) is 4.32 Å². The van der Waals surface area contributed by atoms with Crippen molar-refractivity contribution in [1.82, 2.24) is 0 Å². The lowest BCUT2D eigenvalue weighted by atomic mass is 10.1. The van der Waals surface area contributed by atoms with Crippen molar-refractivity contribution in [3.8, 4) is 5.75 Å². The number of benzene rings is 3. The van der Waals surface area contributed by atoms with E-state index in [-0.39, 0.29) is 5.91 Å². The van der Waals surface area contributed by atoms with Crippen LogP contribution >= 0.6 is 39.9 Å². The maximum atomic E-state index is 12.9. The van der Waals surface area contributed by atoms with Crippen molar-refractivity contribution in [2.45, 2.75) is 13.5 Å². The van der Waals surface area contributed by atoms with Gasteiger partial charge in [0.05, 0.1) is 10.6 Å². The van der Waals surface area contributed by atoms with Crippen molar-refractivity contribution in [3.63, 3.8) is 0 Å². The Bertz CT molecular complexity index is 1120. The number of nitrogens with zero attached hydrogens (tertiary/aromatic N) is 1. The van der Waals surface area contributed by atoms with Crippen LogP contribution in [0.5, 0.6) is 5.75 Å². The number of carbonyl (C=O) groups is 1. The second-order valence-electron chi connectivity index (χ2n) is 6.84. The minimum absolute atomic E-state index is 0.105. The number of ether oxygens (including phenoxy) is 1. The van der Waals surface area contributed by atoms with E-state index in [4.69, 9.17) is 17.0 Å². The molecule has 0 aliphatic carbocycles. The van der Waals surface area contributed by atoms with Crippen LogP contribution in [-0.4, -0.2) is 10.2 Å². The Morgan fingerprint density at radius 1 is 1.07 bits per heavy atom. The maximum Gasteiger partial charge on any atom is 0.270 e. The number of aryl methyl sites for hydroxylation is 1. The fourth-order valence-corrected chi connectivity index (χ4v) is 4.62. The van der Waals surface area contributed by atoms with E-state index < -0.39 is 0 Å². The third kappa shape index (κ3) is 4.83. The molecule has 0 atom stereocenters. The van der Waals surface area contributed by atoms with E-state index >= 15 is 0 Å². The van der Waals surface area contributed by atoms with Gasteiger partial charge in [0.25, 0.3) is 5.91 Å². The Hall–Kier alpha value is -2.41. The van der Waals surface area contributed by atoms with Crippen molar-refractivity contribution >= 4 is 61.9 Å². The molecule has 1 aliphatic heterocycles. The summed E-state index contributed by atoms with van der Waals surface area (Å²) < 4.78 is 7.36. The van der Waals surface area contributed by atoms with E-state index in [1.54, 1.807) is 4.90 Å². The Morgan fingerprint density at radius 2 is 1.80 bits per heavy atom. The van der Waals surface area contributed by atoms with Crippen molar-refractivity contribution in [2.24, 2.45) is 0 Å². The molecule has 1 heterocycles. The van der Waals surface area contributed by atoms with Crippen LogP contribution in [0.2, 0.25) is 0 Å². The van der Waals surface area contributed by atoms with Gasteiger partial charge in [-0.1, -0.05) is 81.9 Å². The fraction of sp³-hybridized carbons (Fsp3) is 0.0833. The highest BCUT2D eigenvalue weighted by atomic mass is 79.9. The van der Waals surface area contributed by atoms with Crippen LogP contribution in [0.3, 0.4) is 0 Å². The molecule has 0 bridgehead atoms. The molecule has 1 fully saturated rings. The molecule has 0 aromatic heterocycles. The van der Waals surface area contributed by atoms with Crippen LogP contribution in [-0.2, 0) is 11.4 Å². The van der Waals surface area contributed by atoms with E-state index in [9.17, 15) is 4.79 Å². The van der Waals surface area contributed by atoms with Gasteiger partial charge >= 0.3 is 0 Å². The van der Waals surface area contributed by atoms with Gasteiger partial charge in [-0.3, -0.25) is 9.69 Å². The predicted octanol–water partition coefficient (Wildman–Crippen LogP) is 6.74. The first-order chi connectivity index (χ1) is 14.5. The molecule has 3 nitrogen and oxygen atoms in total. The van der Waals surface area contributed by atoms with E-state index in [1.807, 2.05) is 60.7 Å². The summed E-state index contributed by atoms with van der Waals surface area (Å²) in [6, 6.07) is 23.5. The molecule has 1 saturated heterocycles. The van der Waals surface area contributed by atoms with Gasteiger partial charge in [0, 0.05) is 4.47 Å². The first kappa shape index (κ1) is 20.8. The maximum absolute atomic E-state index is 12.9. The Morgan fingerprint density at radius 3 is 2.50 bits per heavy atom. The summed E-state index contributed by atoms with van der Waals surface area (Å²) in [4.78, 5) is 15.0. The number of amides is 1. The summed E-state index contributed by atoms with van der Waals surface area (Å²) in [5, 5.41) is 0. The predicted molar refractivity (Wildman–Crippen MR) is 132 cm³/mol. The number of rotatable bonds is 5. The van der Waals surface area contributed by atoms with Crippen LogP contribution in [0.25, 0.3) is 6.08 Å². The molecule has 1 aliphatic rings. The number of hydrogen-bond acceptors (Lipinski definition) is 4. The molecule has 3 aromatic rings. The van der Waals surface area contributed by atoms with E-state index in [2.05, 4.69) is 41.1 Å². The average Bonchev–Trinajstić information content (AvgIpc) is 3.01. The lowest BCUT2D eigenvalue weighted by Crippen LogP contribution is -2.27. The Balaban J connectivity index is 1.45. The molecule has 0 radical (unpaired) electrons. The molecule has 3 aromatic carbocycles. The molecule has 0 unspecified atom stereocenters. The first-order valence-electron chi connectivity index (χ1n) is 9.31. The molecule has 4 rings (SSSR count). The molecule has 1 amide bonds. The van der Waals surface area contributed by atoms with E-state index in [0.29, 0.717) is 15.8 Å². The summed E-state index contributed by atoms with van der Waals surface area (Å²) in [5.41, 5.74) is 4.04. The van der Waals surface area contributed by atoms with Crippen molar-refractivity contribution in [3.05, 3.63) is 98.9 Å². The molecular weight excluding hydrogens is 478 g/mol. The largest absolute Gasteiger partial charge is 0.489 e. The summed E-state index contributed by atoms with van der Waals surface area (Å²) in [6.07, 6.45) is 1.86. The van der Waals surface area contributed by atoms with Gasteiger partial charge in [0.1, 0.15) is 12.4 Å². The zero-order chi connectivity index (χ0) is 21.1. The van der Waals surface area contributed by atoms with Crippen LogP contribution < -0.4 is 9.64 Å². The molecule has 150 valence electrons. The lowest BCUT2D eigenvalue weighted by Gasteiger charge is -2.14. The third-order valence-electron chi connectivity index (χ3n) is 4.54. The zero-order valence-electron chi connectivity index (χ0n) is 16.2. The molecule has 0 N–H and O–H groups in total. The molecule has 30 heavy (non-hydrogen) atoms. The molecule has 0 saturated carbocycles. The molecule has 0 spiro atoms. The lowest BCUT2D eigenvalue weighted by molar-refractivity contribution is -0.113. The van der Waals surface area contributed by atoms with Crippen LogP contribution in [0.15, 0.2) is 82.2 Å². The van der Waals surface area contributed by atoms with Gasteiger partial charge < -0.3 is 4.74 Å². The SMILES string of the molecule is Cc1cccc(COc2ccc(C=C3SC(=S)N(c4ccc(Br)cc4)C3=O)cc2)c1. The highest BCUT2D eigenvalue weighted by Gasteiger charge is 2.33. The summed E-state index contributed by atoms with van der Waals surface area (Å²) >= 11 is 10.2. The molecule has 6 heteroatoms. The first-order valence-corrected chi connectivity index (χ1v) is 11.3. The summed E-state index contributed by atoms with van der Waals surface area (Å²) in [7, 11) is 0. The quantitative estimate of drug-likeness (QED) is 0.289. The second-order valence-corrected chi connectivity index (χ2v) is 9.43. The topological polar surface area (TPSA) is 29.5 Å². The Kier molecular flexibility index (Phi) is 6.37. The van der Waals surface area contributed by atoms with Crippen LogP contribution in [0.1, 0.15) is 16.7 Å². The Labute approximate surface area is 193 Å². The van der Waals surface area contributed by atoms with Gasteiger partial charge in [0.2, 0.25) is 0 Å². The van der Waals surface area contributed by atoms with Crippen LogP contribution in [0.4, 0.5) is 5.69 Å². The van der Waals surface area contributed by atoms with Gasteiger partial charge in [-0.05, 0) is 60.5 Å². The zero-order valence-corrected chi connectivity index (χ0v) is 19.4. The third-order valence-corrected chi connectivity index (χ3v) is 6.38. The van der Waals surface area contributed by atoms with Gasteiger partial charge in [-0.2, -0.15) is 0 Å². The number of thiocarbonyl (C=S) groups is 1. The smallest absolute Gasteiger partial charge is 0.270 e. The number of anilines is 1. The van der Waals surface area contributed by atoms with Crippen molar-refractivity contribution in [1.29, 1.82) is 0 Å². The summed E-state index contributed by atoms with van der Waals surface area (Å²) in [5.74, 6) is 0.683. The minimum atomic E-state index is -0.105. The van der Waals surface area contributed by atoms with Gasteiger partial charge in [-0.15, -0.1) is 0 Å². The van der Waals surface area contributed by atoms with E-state index in [0.717, 1.165) is 27.0 Å². The number of thioether (sulfide) groups is 1. The van der Waals surface area contributed by atoms with Crippen molar-refractivity contribution < 1.29 is 9.53 Å². The standard InChI is InChI=1S/C24H18BrNO2S2/c1-16-3-2-4-18(13-16)15-28-21-11-5-17(6-12-21)14-22-23(27)26(24(29)30-22)20-9-7-19(25)8-10-20/h2-14H,15H2,1H3. The van der Waals surface area contributed by atoms with Gasteiger partial charge in [-0.25, -0.2) is 0 Å². The van der Waals surface area contributed by atoms with Crippen molar-refractivity contribution in [2.75, 3.05) is 4.90 Å². The average molecular weight is 496 g/mol. The number of hydrogen-bond donors (Lipinski definition) is 0. The monoisotopic (exact) mass is 495 g/mol. The normalized spacial score (nSPS) is 15.1. The highest BCUT2D eigenvalue weighted by molar-refractivity contribution is 9.10. The second kappa shape index (κ2) is 9.16.